The molecular weight excluding hydrogens is 479 g/mol. The van der Waals surface area contributed by atoms with E-state index in [-0.39, 0.29) is 18.2 Å². The number of carbonyl (C=O) groups is 1. The Kier molecular flexibility index (Phi) is 7.89. The van der Waals surface area contributed by atoms with Crippen LogP contribution in [0.3, 0.4) is 0 Å². The zero-order chi connectivity index (χ0) is 23.3. The van der Waals surface area contributed by atoms with E-state index in [9.17, 15) is 17.6 Å². The number of benzene rings is 2. The fourth-order valence-corrected chi connectivity index (χ4v) is 4.75. The molecule has 6 nitrogen and oxygen atoms in total. The van der Waals surface area contributed by atoms with Crippen molar-refractivity contribution in [2.24, 2.45) is 0 Å². The molecule has 0 amide bonds. The molecule has 0 N–H and O–H groups in total. The van der Waals surface area contributed by atoms with Crippen molar-refractivity contribution in [3.63, 3.8) is 0 Å². The van der Waals surface area contributed by atoms with E-state index >= 15 is 0 Å². The molecule has 0 saturated carbocycles. The first kappa shape index (κ1) is 24.2. The summed E-state index contributed by atoms with van der Waals surface area (Å²) in [5.41, 5.74) is 2.16. The number of hydrogen-bond acceptors (Lipinski definition) is 7. The first-order valence-electron chi connectivity index (χ1n) is 9.43. The van der Waals surface area contributed by atoms with Crippen molar-refractivity contribution in [2.45, 2.75) is 6.42 Å². The van der Waals surface area contributed by atoms with Gasteiger partial charge in [0, 0.05) is 22.4 Å². The van der Waals surface area contributed by atoms with Gasteiger partial charge in [-0.25, -0.2) is 9.18 Å². The fourth-order valence-electron chi connectivity index (χ4n) is 2.87. The highest BCUT2D eigenvalue weighted by molar-refractivity contribution is 7.85. The van der Waals surface area contributed by atoms with E-state index in [4.69, 9.17) is 21.1 Å². The van der Waals surface area contributed by atoms with Gasteiger partial charge >= 0.3 is 5.97 Å². The lowest BCUT2D eigenvalue weighted by Crippen LogP contribution is -2.07. The van der Waals surface area contributed by atoms with E-state index in [0.29, 0.717) is 27.5 Å². The first-order valence-corrected chi connectivity index (χ1v) is 12.4. The highest BCUT2D eigenvalue weighted by Gasteiger charge is 2.19. The molecule has 2 aromatic carbocycles. The van der Waals surface area contributed by atoms with Gasteiger partial charge in [-0.1, -0.05) is 23.7 Å². The minimum atomic E-state index is -3.46. The molecule has 10 heteroatoms. The molecule has 0 atom stereocenters. The molecule has 0 fully saturated rings. The van der Waals surface area contributed by atoms with Crippen LogP contribution in [0.1, 0.15) is 16.1 Å². The summed E-state index contributed by atoms with van der Waals surface area (Å²) in [4.78, 5) is 13.2. The molecule has 0 aliphatic heterocycles. The zero-order valence-corrected chi connectivity index (χ0v) is 19.7. The molecule has 0 saturated heterocycles. The predicted molar refractivity (Wildman–Crippen MR) is 122 cm³/mol. The number of thiophene rings is 1. The third-order valence-corrected chi connectivity index (χ3v) is 6.37. The lowest BCUT2D eigenvalue weighted by molar-refractivity contribution is 0.0606. The molecule has 170 valence electrons. The number of methoxy groups -OCH3 is 1. The van der Waals surface area contributed by atoms with Crippen molar-refractivity contribution >= 4 is 39.0 Å². The van der Waals surface area contributed by atoms with Crippen molar-refractivity contribution in [1.82, 2.24) is 0 Å². The van der Waals surface area contributed by atoms with E-state index in [1.165, 1.54) is 30.6 Å². The molecule has 0 aliphatic rings. The molecule has 0 aliphatic carbocycles. The highest BCUT2D eigenvalue weighted by Crippen LogP contribution is 2.42. The van der Waals surface area contributed by atoms with Crippen LogP contribution in [0.2, 0.25) is 5.02 Å². The van der Waals surface area contributed by atoms with Crippen LogP contribution in [-0.4, -0.2) is 41.0 Å². The Morgan fingerprint density at radius 3 is 2.41 bits per heavy atom. The van der Waals surface area contributed by atoms with Crippen LogP contribution >= 0.6 is 22.9 Å². The summed E-state index contributed by atoms with van der Waals surface area (Å²) < 4.78 is 50.5. The van der Waals surface area contributed by atoms with Gasteiger partial charge in [-0.15, -0.1) is 11.3 Å². The summed E-state index contributed by atoms with van der Waals surface area (Å²) in [6.45, 7) is 0.333. The average Bonchev–Trinajstić information content (AvgIpc) is 3.17. The van der Waals surface area contributed by atoms with Gasteiger partial charge in [-0.05, 0) is 42.0 Å². The van der Waals surface area contributed by atoms with Crippen molar-refractivity contribution in [3.8, 4) is 27.3 Å². The molecule has 0 unspecified atom stereocenters. The highest BCUT2D eigenvalue weighted by atomic mass is 35.5. The topological polar surface area (TPSA) is 78.9 Å². The van der Waals surface area contributed by atoms with Crippen LogP contribution in [0.25, 0.3) is 21.6 Å². The Labute approximate surface area is 194 Å². The SMILES string of the molecule is COC(=O)c1cc(-c2ccc(OCCCOS(C)(=O)=O)cc2)c(-c2ccc(F)cc2Cl)s1. The summed E-state index contributed by atoms with van der Waals surface area (Å²) in [5.74, 6) is -0.330. The van der Waals surface area contributed by atoms with Gasteiger partial charge in [0.15, 0.2) is 0 Å². The maximum absolute atomic E-state index is 13.5. The third kappa shape index (κ3) is 6.29. The number of esters is 1. The Bertz CT molecular complexity index is 1210. The van der Waals surface area contributed by atoms with E-state index in [1.807, 2.05) is 12.1 Å². The van der Waals surface area contributed by atoms with Crippen molar-refractivity contribution in [3.05, 3.63) is 64.2 Å². The average molecular weight is 499 g/mol. The summed E-state index contributed by atoms with van der Waals surface area (Å²) >= 11 is 7.48. The van der Waals surface area contributed by atoms with E-state index < -0.39 is 21.9 Å². The Balaban J connectivity index is 1.82. The standard InChI is InChI=1S/C22H20ClFO6S2/c1-28-22(25)20-13-18(21(31-20)17-9-6-15(24)12-19(17)23)14-4-7-16(8-5-14)29-10-3-11-30-32(2,26)27/h4-9,12-13H,3,10-11H2,1-2H3. The monoisotopic (exact) mass is 498 g/mol. The van der Waals surface area contributed by atoms with E-state index in [0.717, 1.165) is 17.4 Å². The van der Waals surface area contributed by atoms with Crippen LogP contribution in [-0.2, 0) is 19.0 Å². The molecule has 3 aromatic rings. The Morgan fingerprint density at radius 2 is 1.78 bits per heavy atom. The zero-order valence-electron chi connectivity index (χ0n) is 17.3. The molecule has 32 heavy (non-hydrogen) atoms. The third-order valence-electron chi connectivity index (χ3n) is 4.31. The first-order chi connectivity index (χ1) is 15.2. The van der Waals surface area contributed by atoms with Crippen LogP contribution < -0.4 is 4.74 Å². The second-order valence-electron chi connectivity index (χ2n) is 6.72. The van der Waals surface area contributed by atoms with Gasteiger partial charge < -0.3 is 9.47 Å². The van der Waals surface area contributed by atoms with Crippen LogP contribution in [0.5, 0.6) is 5.75 Å². The minimum absolute atomic E-state index is 0.0456. The normalized spacial score (nSPS) is 11.4. The van der Waals surface area contributed by atoms with Crippen molar-refractivity contribution in [1.29, 1.82) is 0 Å². The second kappa shape index (κ2) is 10.4. The molecule has 0 radical (unpaired) electrons. The largest absolute Gasteiger partial charge is 0.494 e. The summed E-state index contributed by atoms with van der Waals surface area (Å²) in [5, 5.41) is 0.237. The number of hydrogen-bond donors (Lipinski definition) is 0. The summed E-state index contributed by atoms with van der Waals surface area (Å²) in [7, 11) is -2.16. The number of carbonyl (C=O) groups excluding carboxylic acids is 1. The summed E-state index contributed by atoms with van der Waals surface area (Å²) in [6, 6.07) is 13.0. The van der Waals surface area contributed by atoms with E-state index in [1.54, 1.807) is 24.3 Å². The predicted octanol–water partition coefficient (Wildman–Crippen LogP) is 5.41. The van der Waals surface area contributed by atoms with Crippen LogP contribution in [0, 0.1) is 5.82 Å². The van der Waals surface area contributed by atoms with Gasteiger partial charge in [0.05, 0.1) is 31.6 Å². The molecule has 3 rings (SSSR count). The van der Waals surface area contributed by atoms with Crippen molar-refractivity contribution in [2.75, 3.05) is 26.6 Å². The summed E-state index contributed by atoms with van der Waals surface area (Å²) in [6.07, 6.45) is 1.41. The second-order valence-corrected chi connectivity index (χ2v) is 9.83. The fraction of sp³-hybridized carbons (Fsp3) is 0.227. The molecule has 0 bridgehead atoms. The lowest BCUT2D eigenvalue weighted by Gasteiger charge is -2.09. The van der Waals surface area contributed by atoms with Gasteiger partial charge in [-0.2, -0.15) is 8.42 Å². The maximum Gasteiger partial charge on any atom is 0.348 e. The number of rotatable bonds is 9. The van der Waals surface area contributed by atoms with Gasteiger partial charge in [0.2, 0.25) is 0 Å². The van der Waals surface area contributed by atoms with Gasteiger partial charge in [0.1, 0.15) is 16.4 Å². The quantitative estimate of drug-likeness (QED) is 0.223. The Hall–Kier alpha value is -2.46. The van der Waals surface area contributed by atoms with Crippen LogP contribution in [0.4, 0.5) is 4.39 Å². The molecular formula is C22H20ClFO6S2. The molecule has 0 spiro atoms. The maximum atomic E-state index is 13.5. The number of halogens is 2. The Morgan fingerprint density at radius 1 is 1.06 bits per heavy atom. The minimum Gasteiger partial charge on any atom is -0.494 e. The van der Waals surface area contributed by atoms with E-state index in [2.05, 4.69) is 4.18 Å². The smallest absolute Gasteiger partial charge is 0.348 e. The van der Waals surface area contributed by atoms with Crippen LogP contribution in [0.15, 0.2) is 48.5 Å². The lowest BCUT2D eigenvalue weighted by atomic mass is 10.0. The van der Waals surface area contributed by atoms with Gasteiger partial charge in [-0.3, -0.25) is 4.18 Å². The number of ether oxygens (including phenoxy) is 2. The molecule has 1 aromatic heterocycles. The molecule has 1 heterocycles. The van der Waals surface area contributed by atoms with Gasteiger partial charge in [0.25, 0.3) is 10.1 Å². The van der Waals surface area contributed by atoms with Crippen molar-refractivity contribution < 1.29 is 31.3 Å².